The second kappa shape index (κ2) is 4.55. The van der Waals surface area contributed by atoms with E-state index >= 15 is 0 Å². The van der Waals surface area contributed by atoms with Crippen LogP contribution in [0, 0.1) is 0 Å². The minimum atomic E-state index is -3.15. The molecule has 1 heterocycles. The lowest BCUT2D eigenvalue weighted by Gasteiger charge is -2.29. The SMILES string of the molecule is O=S1(=O)CCCCN1c1ccc(Cl)cc1Br. The fraction of sp³-hybridized carbons (Fsp3) is 0.400. The summed E-state index contributed by atoms with van der Waals surface area (Å²) in [6, 6.07) is 5.14. The lowest BCUT2D eigenvalue weighted by molar-refractivity contribution is 0.574. The van der Waals surface area contributed by atoms with Crippen molar-refractivity contribution >= 4 is 43.2 Å². The predicted molar refractivity (Wildman–Crippen MR) is 69.5 cm³/mol. The molecule has 0 aromatic heterocycles. The van der Waals surface area contributed by atoms with E-state index in [9.17, 15) is 8.42 Å². The van der Waals surface area contributed by atoms with Crippen molar-refractivity contribution in [2.24, 2.45) is 0 Å². The van der Waals surface area contributed by atoms with Crippen molar-refractivity contribution in [3.8, 4) is 0 Å². The number of rotatable bonds is 1. The number of anilines is 1. The van der Waals surface area contributed by atoms with Gasteiger partial charge in [-0.05, 0) is 47.0 Å². The van der Waals surface area contributed by atoms with E-state index < -0.39 is 10.0 Å². The number of hydrogen-bond acceptors (Lipinski definition) is 2. The van der Waals surface area contributed by atoms with E-state index in [0.717, 1.165) is 12.8 Å². The van der Waals surface area contributed by atoms with E-state index in [0.29, 0.717) is 21.7 Å². The molecule has 1 aromatic carbocycles. The number of benzene rings is 1. The van der Waals surface area contributed by atoms with Crippen molar-refractivity contribution in [3.63, 3.8) is 0 Å². The average Bonchev–Trinajstić information content (AvgIpc) is 2.19. The average molecular weight is 325 g/mol. The highest BCUT2D eigenvalue weighted by molar-refractivity contribution is 9.10. The van der Waals surface area contributed by atoms with Crippen molar-refractivity contribution < 1.29 is 8.42 Å². The summed E-state index contributed by atoms with van der Waals surface area (Å²) in [6.07, 6.45) is 1.64. The van der Waals surface area contributed by atoms with Crippen LogP contribution in [0.2, 0.25) is 5.02 Å². The molecule has 0 bridgehead atoms. The lowest BCUT2D eigenvalue weighted by Crippen LogP contribution is -2.38. The van der Waals surface area contributed by atoms with Crippen LogP contribution in [0.15, 0.2) is 22.7 Å². The van der Waals surface area contributed by atoms with E-state index in [2.05, 4.69) is 15.9 Å². The third-order valence-corrected chi connectivity index (χ3v) is 5.25. The van der Waals surface area contributed by atoms with E-state index in [4.69, 9.17) is 11.6 Å². The van der Waals surface area contributed by atoms with Crippen LogP contribution in [-0.4, -0.2) is 20.7 Å². The zero-order valence-corrected chi connectivity index (χ0v) is 11.6. The van der Waals surface area contributed by atoms with Crippen molar-refractivity contribution in [2.75, 3.05) is 16.6 Å². The fourth-order valence-corrected chi connectivity index (χ4v) is 4.41. The Balaban J connectivity index is 2.43. The molecule has 1 aliphatic heterocycles. The molecule has 1 saturated heterocycles. The predicted octanol–water partition coefficient (Wildman–Crippen LogP) is 3.03. The van der Waals surface area contributed by atoms with Gasteiger partial charge in [0.2, 0.25) is 10.0 Å². The zero-order valence-electron chi connectivity index (χ0n) is 8.49. The quantitative estimate of drug-likeness (QED) is 0.796. The highest BCUT2D eigenvalue weighted by Crippen LogP contribution is 2.32. The highest BCUT2D eigenvalue weighted by atomic mass is 79.9. The van der Waals surface area contributed by atoms with Gasteiger partial charge in [-0.25, -0.2) is 8.42 Å². The molecule has 1 fully saturated rings. The van der Waals surface area contributed by atoms with E-state index in [1.165, 1.54) is 4.31 Å². The summed E-state index contributed by atoms with van der Waals surface area (Å²) in [4.78, 5) is 0. The Morgan fingerprint density at radius 3 is 2.69 bits per heavy atom. The Bertz CT molecular complexity index is 504. The highest BCUT2D eigenvalue weighted by Gasteiger charge is 2.27. The summed E-state index contributed by atoms with van der Waals surface area (Å²) in [5.41, 5.74) is 0.670. The molecule has 1 aliphatic rings. The Labute approximate surface area is 109 Å². The van der Waals surface area contributed by atoms with Gasteiger partial charge in [-0.2, -0.15) is 0 Å². The van der Waals surface area contributed by atoms with Gasteiger partial charge in [0, 0.05) is 16.0 Å². The van der Waals surface area contributed by atoms with Crippen molar-refractivity contribution in [2.45, 2.75) is 12.8 Å². The lowest BCUT2D eigenvalue weighted by atomic mass is 10.3. The first-order valence-electron chi connectivity index (χ1n) is 4.96. The van der Waals surface area contributed by atoms with Gasteiger partial charge in [-0.3, -0.25) is 4.31 Å². The second-order valence-corrected chi connectivity index (χ2v) is 6.99. The number of halogens is 2. The summed E-state index contributed by atoms with van der Waals surface area (Å²) in [5.74, 6) is 0.224. The van der Waals surface area contributed by atoms with E-state index in [1.54, 1.807) is 18.2 Å². The molecule has 16 heavy (non-hydrogen) atoms. The molecule has 0 spiro atoms. The van der Waals surface area contributed by atoms with Crippen molar-refractivity contribution in [1.29, 1.82) is 0 Å². The van der Waals surface area contributed by atoms with Crippen molar-refractivity contribution in [3.05, 3.63) is 27.7 Å². The number of sulfonamides is 1. The van der Waals surface area contributed by atoms with Crippen LogP contribution in [-0.2, 0) is 10.0 Å². The van der Waals surface area contributed by atoms with Crippen LogP contribution >= 0.6 is 27.5 Å². The maximum Gasteiger partial charge on any atom is 0.235 e. The van der Waals surface area contributed by atoms with Gasteiger partial charge in [0.15, 0.2) is 0 Å². The summed E-state index contributed by atoms with van der Waals surface area (Å²) < 4.78 is 26.0. The number of hydrogen-bond donors (Lipinski definition) is 0. The van der Waals surface area contributed by atoms with Crippen LogP contribution in [0.5, 0.6) is 0 Å². The molecule has 0 unspecified atom stereocenters. The van der Waals surface area contributed by atoms with Crippen LogP contribution < -0.4 is 4.31 Å². The largest absolute Gasteiger partial charge is 0.269 e. The Morgan fingerprint density at radius 1 is 1.31 bits per heavy atom. The van der Waals surface area contributed by atoms with Gasteiger partial charge in [-0.1, -0.05) is 11.6 Å². The Kier molecular flexibility index (Phi) is 3.47. The van der Waals surface area contributed by atoms with Gasteiger partial charge in [0.25, 0.3) is 0 Å². The first-order chi connectivity index (χ1) is 7.50. The Hall–Kier alpha value is -0.260. The Morgan fingerprint density at radius 2 is 2.06 bits per heavy atom. The van der Waals surface area contributed by atoms with Crippen LogP contribution in [0.1, 0.15) is 12.8 Å². The summed E-state index contributed by atoms with van der Waals surface area (Å²) in [7, 11) is -3.15. The van der Waals surface area contributed by atoms with Crippen LogP contribution in [0.4, 0.5) is 5.69 Å². The normalized spacial score (nSPS) is 19.8. The molecule has 6 heteroatoms. The van der Waals surface area contributed by atoms with Gasteiger partial charge >= 0.3 is 0 Å². The minimum Gasteiger partial charge on any atom is -0.269 e. The first kappa shape index (κ1) is 12.2. The molecule has 1 aromatic rings. The molecule has 2 rings (SSSR count). The standard InChI is InChI=1S/C10H11BrClNO2S/c11-9-7-8(12)3-4-10(9)13-5-1-2-6-16(13,14)15/h3-4,7H,1-2,5-6H2. The third-order valence-electron chi connectivity index (χ3n) is 2.53. The third kappa shape index (κ3) is 2.36. The maximum absolute atomic E-state index is 11.9. The van der Waals surface area contributed by atoms with Gasteiger partial charge in [0.1, 0.15) is 0 Å². The molecule has 3 nitrogen and oxygen atoms in total. The molecule has 0 radical (unpaired) electrons. The molecule has 0 aliphatic carbocycles. The maximum atomic E-state index is 11.9. The number of nitrogens with zero attached hydrogens (tertiary/aromatic N) is 1. The first-order valence-corrected chi connectivity index (χ1v) is 7.74. The van der Waals surface area contributed by atoms with Gasteiger partial charge in [0.05, 0.1) is 11.4 Å². The monoisotopic (exact) mass is 323 g/mol. The molecular weight excluding hydrogens is 314 g/mol. The summed E-state index contributed by atoms with van der Waals surface area (Å²) >= 11 is 9.17. The molecule has 0 N–H and O–H groups in total. The molecule has 0 amide bonds. The minimum absolute atomic E-state index is 0.224. The summed E-state index contributed by atoms with van der Waals surface area (Å²) in [6.45, 7) is 0.544. The molecule has 0 atom stereocenters. The molecular formula is C10H11BrClNO2S. The van der Waals surface area contributed by atoms with Crippen LogP contribution in [0.25, 0.3) is 0 Å². The van der Waals surface area contributed by atoms with Gasteiger partial charge < -0.3 is 0 Å². The summed E-state index contributed by atoms with van der Waals surface area (Å²) in [5, 5.41) is 0.588. The smallest absolute Gasteiger partial charge is 0.235 e. The van der Waals surface area contributed by atoms with Crippen molar-refractivity contribution in [1.82, 2.24) is 0 Å². The second-order valence-electron chi connectivity index (χ2n) is 3.69. The topological polar surface area (TPSA) is 37.4 Å². The molecule has 0 saturated carbocycles. The van der Waals surface area contributed by atoms with Gasteiger partial charge in [-0.15, -0.1) is 0 Å². The fourth-order valence-electron chi connectivity index (χ4n) is 1.74. The zero-order chi connectivity index (χ0) is 11.8. The van der Waals surface area contributed by atoms with E-state index in [1.807, 2.05) is 0 Å². The van der Waals surface area contributed by atoms with Crippen LogP contribution in [0.3, 0.4) is 0 Å². The molecule has 88 valence electrons. The van der Waals surface area contributed by atoms with E-state index in [-0.39, 0.29) is 5.75 Å².